The lowest BCUT2D eigenvalue weighted by Crippen LogP contribution is -2.38. The molecule has 2 aliphatic rings. The Bertz CT molecular complexity index is 521. The van der Waals surface area contributed by atoms with Crippen molar-refractivity contribution in [3.63, 3.8) is 0 Å². The minimum absolute atomic E-state index is 0.0420. The number of halogens is 3. The summed E-state index contributed by atoms with van der Waals surface area (Å²) in [7, 11) is 0. The fraction of sp³-hybridized carbons (Fsp3) is 0.533. The van der Waals surface area contributed by atoms with Gasteiger partial charge in [0.05, 0.1) is 5.56 Å². The van der Waals surface area contributed by atoms with Crippen LogP contribution in [0.2, 0.25) is 0 Å². The molecule has 3 rings (SSSR count). The van der Waals surface area contributed by atoms with Crippen molar-refractivity contribution in [3.8, 4) is 0 Å². The molecule has 2 atom stereocenters. The zero-order valence-electron chi connectivity index (χ0n) is 11.4. The number of nitrogens with zero attached hydrogens (tertiary/aromatic N) is 1. The molecule has 0 bridgehead atoms. The third kappa shape index (κ3) is 3.05. The van der Waals surface area contributed by atoms with Gasteiger partial charge in [-0.05, 0) is 37.0 Å². The fourth-order valence-electron chi connectivity index (χ4n) is 2.71. The third-order valence-corrected chi connectivity index (χ3v) is 3.97. The van der Waals surface area contributed by atoms with Gasteiger partial charge < -0.3 is 9.64 Å². The molecule has 1 aromatic carbocycles. The number of benzene rings is 1. The molecule has 2 fully saturated rings. The van der Waals surface area contributed by atoms with Crippen molar-refractivity contribution < 1.29 is 22.7 Å². The Morgan fingerprint density at radius 2 is 1.71 bits per heavy atom. The molecule has 0 unspecified atom stereocenters. The second-order valence-electron chi connectivity index (χ2n) is 5.48. The first-order valence-electron chi connectivity index (χ1n) is 7.08. The number of carbonyl (C=O) groups is 1. The van der Waals surface area contributed by atoms with Crippen molar-refractivity contribution in [2.24, 2.45) is 0 Å². The fourth-order valence-corrected chi connectivity index (χ4v) is 2.71. The molecule has 0 aromatic heterocycles. The summed E-state index contributed by atoms with van der Waals surface area (Å²) in [4.78, 5) is 14.0. The first kappa shape index (κ1) is 14.4. The van der Waals surface area contributed by atoms with E-state index >= 15 is 0 Å². The normalized spacial score (nSPS) is 25.8. The molecule has 21 heavy (non-hydrogen) atoms. The summed E-state index contributed by atoms with van der Waals surface area (Å²) in [5, 5.41) is 0. The first-order chi connectivity index (χ1) is 9.97. The Morgan fingerprint density at radius 1 is 1.10 bits per heavy atom. The second kappa shape index (κ2) is 5.33. The number of piperidine rings is 1. The summed E-state index contributed by atoms with van der Waals surface area (Å²) >= 11 is 0. The van der Waals surface area contributed by atoms with E-state index in [0.29, 0.717) is 5.56 Å². The molecule has 114 valence electrons. The summed E-state index contributed by atoms with van der Waals surface area (Å²) in [5.41, 5.74) is -0.0656. The monoisotopic (exact) mass is 299 g/mol. The zero-order chi connectivity index (χ0) is 15.0. The van der Waals surface area contributed by atoms with E-state index < -0.39 is 23.9 Å². The van der Waals surface area contributed by atoms with Gasteiger partial charge in [0.1, 0.15) is 6.10 Å². The third-order valence-electron chi connectivity index (χ3n) is 3.97. The topological polar surface area (TPSA) is 32.8 Å². The van der Waals surface area contributed by atoms with Crippen molar-refractivity contribution in [2.75, 3.05) is 13.1 Å². The average Bonchev–Trinajstić information content (AvgIpc) is 3.27. The highest BCUT2D eigenvalue weighted by Gasteiger charge is 2.48. The van der Waals surface area contributed by atoms with Gasteiger partial charge in [-0.2, -0.15) is 13.2 Å². The highest BCUT2D eigenvalue weighted by Crippen LogP contribution is 2.41. The molecule has 0 saturated carbocycles. The zero-order valence-corrected chi connectivity index (χ0v) is 11.4. The molecule has 0 N–H and O–H groups in total. The number of carbonyl (C=O) groups excluding carboxylic acids is 1. The number of likely N-dealkylation sites (tertiary alicyclic amines) is 1. The van der Waals surface area contributed by atoms with Crippen LogP contribution in [0.1, 0.15) is 36.5 Å². The lowest BCUT2D eigenvalue weighted by atomic mass is 10.1. The average molecular weight is 299 g/mol. The summed E-state index contributed by atoms with van der Waals surface area (Å²) in [6.45, 7) is 1.50. The number of epoxide rings is 1. The second-order valence-corrected chi connectivity index (χ2v) is 5.48. The molecular formula is C15H16F3NO2. The number of amides is 1. The van der Waals surface area contributed by atoms with Crippen LogP contribution in [0.4, 0.5) is 13.2 Å². The highest BCUT2D eigenvalue weighted by atomic mass is 19.4. The Kier molecular flexibility index (Phi) is 3.65. The van der Waals surface area contributed by atoms with Gasteiger partial charge in [0.15, 0.2) is 6.10 Å². The summed E-state index contributed by atoms with van der Waals surface area (Å²) in [6.07, 6.45) is -2.13. The van der Waals surface area contributed by atoms with Crippen LogP contribution >= 0.6 is 0 Å². The lowest BCUT2D eigenvalue weighted by molar-refractivity contribution is -0.137. The van der Waals surface area contributed by atoms with Crippen LogP contribution in [0.5, 0.6) is 0 Å². The molecule has 6 heteroatoms. The minimum Gasteiger partial charge on any atom is -0.354 e. The van der Waals surface area contributed by atoms with E-state index in [4.69, 9.17) is 4.74 Å². The largest absolute Gasteiger partial charge is 0.416 e. The van der Waals surface area contributed by atoms with Gasteiger partial charge in [0.2, 0.25) is 0 Å². The quantitative estimate of drug-likeness (QED) is 0.786. The van der Waals surface area contributed by atoms with Crippen LogP contribution in [0, 0.1) is 0 Å². The van der Waals surface area contributed by atoms with E-state index in [1.54, 1.807) is 4.90 Å². The smallest absolute Gasteiger partial charge is 0.354 e. The number of alkyl halides is 3. The molecule has 0 radical (unpaired) electrons. The van der Waals surface area contributed by atoms with Crippen LogP contribution in [-0.2, 0) is 15.7 Å². The maximum atomic E-state index is 12.5. The molecule has 1 amide bonds. The summed E-state index contributed by atoms with van der Waals surface area (Å²) in [6, 6.07) is 4.83. The molecule has 1 aromatic rings. The highest BCUT2D eigenvalue weighted by molar-refractivity contribution is 5.84. The van der Waals surface area contributed by atoms with Gasteiger partial charge >= 0.3 is 6.18 Å². The Morgan fingerprint density at radius 3 is 2.29 bits per heavy atom. The van der Waals surface area contributed by atoms with E-state index in [2.05, 4.69) is 0 Å². The van der Waals surface area contributed by atoms with E-state index in [1.165, 1.54) is 12.1 Å². The molecule has 0 aliphatic carbocycles. The molecule has 0 spiro atoms. The summed E-state index contributed by atoms with van der Waals surface area (Å²) < 4.78 is 42.8. The predicted molar refractivity (Wildman–Crippen MR) is 69.5 cm³/mol. The van der Waals surface area contributed by atoms with Gasteiger partial charge in [-0.15, -0.1) is 0 Å². The number of hydrogen-bond acceptors (Lipinski definition) is 2. The Balaban J connectivity index is 1.63. The van der Waals surface area contributed by atoms with Crippen LogP contribution < -0.4 is 0 Å². The van der Waals surface area contributed by atoms with Crippen LogP contribution in [-0.4, -0.2) is 30.0 Å². The van der Waals surface area contributed by atoms with Gasteiger partial charge in [-0.1, -0.05) is 12.1 Å². The van der Waals surface area contributed by atoms with E-state index in [-0.39, 0.29) is 5.91 Å². The maximum absolute atomic E-state index is 12.5. The number of hydrogen-bond donors (Lipinski definition) is 0. The molecular weight excluding hydrogens is 283 g/mol. The van der Waals surface area contributed by atoms with Gasteiger partial charge in [-0.25, -0.2) is 0 Å². The van der Waals surface area contributed by atoms with E-state index in [0.717, 1.165) is 44.5 Å². The standard InChI is InChI=1S/C15H16F3NO2/c16-15(17,18)11-6-4-10(5-7-11)12-13(21-12)14(20)19-8-2-1-3-9-19/h4-7,12-13H,1-3,8-9H2/t12-,13+/m0/s1. The number of ether oxygens (including phenoxy) is 1. The van der Waals surface area contributed by atoms with Gasteiger partial charge in [0.25, 0.3) is 5.91 Å². The van der Waals surface area contributed by atoms with E-state index in [1.807, 2.05) is 0 Å². The predicted octanol–water partition coefficient (Wildman–Crippen LogP) is 3.16. The molecule has 2 aliphatic heterocycles. The van der Waals surface area contributed by atoms with Crippen LogP contribution in [0.25, 0.3) is 0 Å². The van der Waals surface area contributed by atoms with E-state index in [9.17, 15) is 18.0 Å². The lowest BCUT2D eigenvalue weighted by Gasteiger charge is -2.26. The first-order valence-corrected chi connectivity index (χ1v) is 7.08. The summed E-state index contributed by atoms with van der Waals surface area (Å²) in [5.74, 6) is -0.0420. The van der Waals surface area contributed by atoms with Crippen LogP contribution in [0.15, 0.2) is 24.3 Å². The number of rotatable bonds is 2. The Hall–Kier alpha value is -1.56. The molecule has 2 heterocycles. The molecule has 2 saturated heterocycles. The molecule has 3 nitrogen and oxygen atoms in total. The van der Waals surface area contributed by atoms with Crippen molar-refractivity contribution in [3.05, 3.63) is 35.4 Å². The van der Waals surface area contributed by atoms with Gasteiger partial charge in [0, 0.05) is 13.1 Å². The van der Waals surface area contributed by atoms with Crippen molar-refractivity contribution in [2.45, 2.75) is 37.6 Å². The Labute approximate surface area is 120 Å². The van der Waals surface area contributed by atoms with Crippen LogP contribution in [0.3, 0.4) is 0 Å². The maximum Gasteiger partial charge on any atom is 0.416 e. The van der Waals surface area contributed by atoms with Crippen molar-refractivity contribution >= 4 is 5.91 Å². The van der Waals surface area contributed by atoms with Gasteiger partial charge in [-0.3, -0.25) is 4.79 Å². The SMILES string of the molecule is O=C([C@@H]1O[C@H]1c1ccc(C(F)(F)F)cc1)N1CCCCC1. The van der Waals surface area contributed by atoms with Crippen molar-refractivity contribution in [1.29, 1.82) is 0 Å². The minimum atomic E-state index is -4.34. The van der Waals surface area contributed by atoms with Crippen molar-refractivity contribution in [1.82, 2.24) is 4.90 Å².